The van der Waals surface area contributed by atoms with Crippen LogP contribution < -0.4 is 19.5 Å². The van der Waals surface area contributed by atoms with E-state index in [-0.39, 0.29) is 12.6 Å². The molecule has 9 heteroatoms. The van der Waals surface area contributed by atoms with Gasteiger partial charge in [-0.15, -0.1) is 0 Å². The van der Waals surface area contributed by atoms with Gasteiger partial charge in [-0.25, -0.2) is 4.68 Å². The molecule has 154 valence electrons. The zero-order chi connectivity index (χ0) is 20.8. The molecule has 0 aliphatic carbocycles. The Morgan fingerprint density at radius 1 is 1.17 bits per heavy atom. The topological polar surface area (TPSA) is 92.4 Å². The van der Waals surface area contributed by atoms with Gasteiger partial charge in [0.25, 0.3) is 5.91 Å². The van der Waals surface area contributed by atoms with Crippen LogP contribution >= 0.6 is 0 Å². The summed E-state index contributed by atoms with van der Waals surface area (Å²) < 4.78 is 19.8. The van der Waals surface area contributed by atoms with Gasteiger partial charge >= 0.3 is 0 Å². The van der Waals surface area contributed by atoms with Crippen molar-refractivity contribution in [2.75, 3.05) is 14.2 Å². The van der Waals surface area contributed by atoms with Crippen molar-refractivity contribution in [3.8, 4) is 17.2 Å². The second-order valence-corrected chi connectivity index (χ2v) is 6.26. The molecule has 1 amide bonds. The van der Waals surface area contributed by atoms with Gasteiger partial charge in [0.05, 0.1) is 20.4 Å². The minimum absolute atomic E-state index is 0.104. The monoisotopic (exact) mass is 399 g/mol. The first-order valence-electron chi connectivity index (χ1n) is 9.24. The average Bonchev–Trinajstić information content (AvgIpc) is 3.36. The fraction of sp³-hybridized carbons (Fsp3) is 0.350. The van der Waals surface area contributed by atoms with Crippen LogP contribution in [0.2, 0.25) is 0 Å². The quantitative estimate of drug-likeness (QED) is 0.594. The maximum atomic E-state index is 12.4. The number of aromatic nitrogens is 4. The minimum Gasteiger partial charge on any atom is -0.493 e. The second-order valence-electron chi connectivity index (χ2n) is 6.26. The van der Waals surface area contributed by atoms with Gasteiger partial charge in [-0.2, -0.15) is 10.2 Å². The molecule has 0 radical (unpaired) electrons. The maximum absolute atomic E-state index is 12.4. The van der Waals surface area contributed by atoms with E-state index < -0.39 is 0 Å². The van der Waals surface area contributed by atoms with Gasteiger partial charge in [-0.1, -0.05) is 6.07 Å². The third-order valence-electron chi connectivity index (χ3n) is 4.54. The van der Waals surface area contributed by atoms with Gasteiger partial charge in [0.1, 0.15) is 5.69 Å². The van der Waals surface area contributed by atoms with Gasteiger partial charge in [0.15, 0.2) is 18.2 Å². The minimum atomic E-state index is -0.262. The molecule has 0 bridgehead atoms. The van der Waals surface area contributed by atoms with E-state index in [0.717, 1.165) is 17.8 Å². The van der Waals surface area contributed by atoms with Crippen LogP contribution in [-0.4, -0.2) is 39.7 Å². The lowest BCUT2D eigenvalue weighted by molar-refractivity contribution is 0.0943. The van der Waals surface area contributed by atoms with Crippen molar-refractivity contribution in [1.29, 1.82) is 0 Å². The Labute approximate surface area is 169 Å². The molecule has 3 rings (SSSR count). The molecule has 1 aromatic carbocycles. The third-order valence-corrected chi connectivity index (χ3v) is 4.54. The van der Waals surface area contributed by atoms with Crippen molar-refractivity contribution < 1.29 is 19.0 Å². The van der Waals surface area contributed by atoms with Crippen LogP contribution in [0.5, 0.6) is 17.2 Å². The van der Waals surface area contributed by atoms with Gasteiger partial charge in [0, 0.05) is 30.5 Å². The van der Waals surface area contributed by atoms with Crippen molar-refractivity contribution in [3.05, 3.63) is 53.6 Å². The van der Waals surface area contributed by atoms with Crippen LogP contribution in [0.25, 0.3) is 0 Å². The van der Waals surface area contributed by atoms with Crippen LogP contribution in [0.1, 0.15) is 28.7 Å². The van der Waals surface area contributed by atoms with E-state index in [1.54, 1.807) is 44.8 Å². The summed E-state index contributed by atoms with van der Waals surface area (Å²) in [5.74, 6) is 1.32. The molecule has 2 aromatic heterocycles. The molecule has 0 spiro atoms. The van der Waals surface area contributed by atoms with Gasteiger partial charge in [-0.3, -0.25) is 9.48 Å². The number of rotatable bonds is 9. The number of hydrogen-bond donors (Lipinski definition) is 1. The normalized spacial score (nSPS) is 10.6. The Balaban J connectivity index is 1.61. The molecule has 29 heavy (non-hydrogen) atoms. The largest absolute Gasteiger partial charge is 0.493 e. The summed E-state index contributed by atoms with van der Waals surface area (Å²) in [6.45, 7) is 5.30. The summed E-state index contributed by atoms with van der Waals surface area (Å²) in [7, 11) is 3.12. The van der Waals surface area contributed by atoms with Crippen molar-refractivity contribution in [3.63, 3.8) is 0 Å². The highest BCUT2D eigenvalue weighted by Gasteiger charge is 2.14. The molecule has 0 atom stereocenters. The Morgan fingerprint density at radius 3 is 2.52 bits per heavy atom. The van der Waals surface area contributed by atoms with Crippen molar-refractivity contribution in [2.45, 2.75) is 33.7 Å². The van der Waals surface area contributed by atoms with Crippen molar-refractivity contribution in [2.24, 2.45) is 0 Å². The Kier molecular flexibility index (Phi) is 6.38. The van der Waals surface area contributed by atoms with Crippen LogP contribution in [0.3, 0.4) is 0 Å². The molecule has 0 aliphatic heterocycles. The Bertz CT molecular complexity index is 957. The molecule has 1 N–H and O–H groups in total. The smallest absolute Gasteiger partial charge is 0.272 e. The summed E-state index contributed by atoms with van der Waals surface area (Å²) in [6.07, 6.45) is 3.45. The average molecular weight is 399 g/mol. The zero-order valence-corrected chi connectivity index (χ0v) is 17.0. The molecule has 3 aromatic rings. The third kappa shape index (κ3) is 4.50. The van der Waals surface area contributed by atoms with Crippen LogP contribution in [0, 0.1) is 6.92 Å². The SMILES string of the molecule is CCn1ncc(CNC(=O)c2ccn(COc3c(OC)cccc3OC)n2)c1C. The first-order valence-corrected chi connectivity index (χ1v) is 9.24. The van der Waals surface area contributed by atoms with Crippen LogP contribution in [0.15, 0.2) is 36.7 Å². The predicted molar refractivity (Wildman–Crippen MR) is 106 cm³/mol. The fourth-order valence-corrected chi connectivity index (χ4v) is 2.89. The van der Waals surface area contributed by atoms with Gasteiger partial charge in [-0.05, 0) is 32.0 Å². The van der Waals surface area contributed by atoms with E-state index in [4.69, 9.17) is 14.2 Å². The summed E-state index contributed by atoms with van der Waals surface area (Å²) in [5.41, 5.74) is 2.32. The van der Waals surface area contributed by atoms with Gasteiger partial charge < -0.3 is 19.5 Å². The first kappa shape index (κ1) is 20.2. The van der Waals surface area contributed by atoms with Gasteiger partial charge in [0.2, 0.25) is 5.75 Å². The number of ether oxygens (including phenoxy) is 3. The fourth-order valence-electron chi connectivity index (χ4n) is 2.89. The van der Waals surface area contributed by atoms with Crippen LogP contribution in [-0.2, 0) is 19.8 Å². The number of carbonyl (C=O) groups is 1. The lowest BCUT2D eigenvalue weighted by Gasteiger charge is -2.13. The summed E-state index contributed by atoms with van der Waals surface area (Å²) in [6, 6.07) is 7.01. The Hall–Kier alpha value is -3.49. The molecule has 0 saturated heterocycles. The second kappa shape index (κ2) is 9.13. The summed E-state index contributed by atoms with van der Waals surface area (Å²) in [5, 5.41) is 11.4. The van der Waals surface area contributed by atoms with E-state index in [2.05, 4.69) is 15.5 Å². The molecular weight excluding hydrogens is 374 g/mol. The van der Waals surface area contributed by atoms with Crippen LogP contribution in [0.4, 0.5) is 0 Å². The highest BCUT2D eigenvalue weighted by Crippen LogP contribution is 2.36. The van der Waals surface area contributed by atoms with E-state index in [9.17, 15) is 4.79 Å². The number of benzene rings is 1. The number of methoxy groups -OCH3 is 2. The molecule has 0 fully saturated rings. The standard InChI is InChI=1S/C20H25N5O4/c1-5-25-14(2)15(12-22-25)11-21-20(26)16-9-10-24(23-16)13-29-19-17(27-3)7-6-8-18(19)28-4/h6-10,12H,5,11,13H2,1-4H3,(H,21,26). The molecule has 0 unspecified atom stereocenters. The van der Waals surface area contributed by atoms with E-state index in [1.807, 2.05) is 24.6 Å². The first-order chi connectivity index (χ1) is 14.1. The lowest BCUT2D eigenvalue weighted by atomic mass is 10.2. The number of nitrogens with one attached hydrogen (secondary N) is 1. The number of amides is 1. The summed E-state index contributed by atoms with van der Waals surface area (Å²) >= 11 is 0. The predicted octanol–water partition coefficient (Wildman–Crippen LogP) is 2.39. The van der Waals surface area contributed by atoms with E-state index in [0.29, 0.717) is 29.5 Å². The zero-order valence-electron chi connectivity index (χ0n) is 17.0. The number of hydrogen-bond acceptors (Lipinski definition) is 6. The van der Waals surface area contributed by atoms with E-state index >= 15 is 0 Å². The Morgan fingerprint density at radius 2 is 1.90 bits per heavy atom. The number of aryl methyl sites for hydroxylation is 1. The number of carbonyl (C=O) groups excluding carboxylic acids is 1. The molecule has 9 nitrogen and oxygen atoms in total. The number of para-hydroxylation sites is 1. The molecule has 0 aliphatic rings. The maximum Gasteiger partial charge on any atom is 0.272 e. The molecular formula is C20H25N5O4. The highest BCUT2D eigenvalue weighted by molar-refractivity contribution is 5.92. The molecule has 2 heterocycles. The van der Waals surface area contributed by atoms with Crippen molar-refractivity contribution >= 4 is 5.91 Å². The number of nitrogens with zero attached hydrogens (tertiary/aromatic N) is 4. The highest BCUT2D eigenvalue weighted by atomic mass is 16.5. The molecule has 0 saturated carbocycles. The summed E-state index contributed by atoms with van der Waals surface area (Å²) in [4.78, 5) is 12.4. The van der Waals surface area contributed by atoms with Crippen molar-refractivity contribution in [1.82, 2.24) is 24.9 Å². The van der Waals surface area contributed by atoms with E-state index in [1.165, 1.54) is 4.68 Å². The lowest BCUT2D eigenvalue weighted by Crippen LogP contribution is -2.24.